The van der Waals surface area contributed by atoms with Crippen molar-refractivity contribution in [2.24, 2.45) is 5.41 Å². The Hall–Kier alpha value is -1.36. The van der Waals surface area contributed by atoms with Crippen molar-refractivity contribution in [3.8, 4) is 0 Å². The maximum Gasteiger partial charge on any atom is 0.221 e. The van der Waals surface area contributed by atoms with E-state index in [1.54, 1.807) is 10.9 Å². The number of hydrogen-bond donors (Lipinski definition) is 2. The maximum atomic E-state index is 11.6. The van der Waals surface area contributed by atoms with Crippen molar-refractivity contribution in [2.75, 3.05) is 13.2 Å². The van der Waals surface area contributed by atoms with E-state index >= 15 is 0 Å². The number of aliphatic hydroxyl groups is 1. The molecule has 5 nitrogen and oxygen atoms in total. The second kappa shape index (κ2) is 5.31. The molecule has 1 aromatic heterocycles. The summed E-state index contributed by atoms with van der Waals surface area (Å²) in [5.74, 6) is 0.0599. The van der Waals surface area contributed by atoms with Crippen LogP contribution in [0.2, 0.25) is 0 Å². The van der Waals surface area contributed by atoms with Gasteiger partial charge in [-0.15, -0.1) is 0 Å². The number of aromatic nitrogens is 2. The van der Waals surface area contributed by atoms with Gasteiger partial charge in [0.2, 0.25) is 5.91 Å². The van der Waals surface area contributed by atoms with E-state index in [4.69, 9.17) is 5.11 Å². The molecule has 2 N–H and O–H groups in total. The minimum absolute atomic E-state index is 0.0599. The average molecular weight is 237 g/mol. The lowest BCUT2D eigenvalue weighted by Gasteiger charge is -2.14. The summed E-state index contributed by atoms with van der Waals surface area (Å²) in [4.78, 5) is 11.6. The van der Waals surface area contributed by atoms with Crippen molar-refractivity contribution >= 4 is 5.91 Å². The van der Waals surface area contributed by atoms with Gasteiger partial charge in [-0.1, -0.05) is 0 Å². The highest BCUT2D eigenvalue weighted by molar-refractivity contribution is 5.75. The second-order valence-electron chi connectivity index (χ2n) is 4.77. The lowest BCUT2D eigenvalue weighted by molar-refractivity contribution is -0.121. The Labute approximate surface area is 101 Å². The summed E-state index contributed by atoms with van der Waals surface area (Å²) in [6.45, 7) is 1.53. The van der Waals surface area contributed by atoms with Crippen LogP contribution in [0.3, 0.4) is 0 Å². The summed E-state index contributed by atoms with van der Waals surface area (Å²) in [6, 6.07) is 1.85. The quantitative estimate of drug-likeness (QED) is 0.728. The van der Waals surface area contributed by atoms with E-state index in [0.717, 1.165) is 19.3 Å². The highest BCUT2D eigenvalue weighted by atomic mass is 16.3. The maximum absolute atomic E-state index is 11.6. The van der Waals surface area contributed by atoms with E-state index in [-0.39, 0.29) is 17.9 Å². The molecule has 5 heteroatoms. The monoisotopic (exact) mass is 237 g/mol. The van der Waals surface area contributed by atoms with Crippen LogP contribution in [0.4, 0.5) is 0 Å². The van der Waals surface area contributed by atoms with Gasteiger partial charge in [-0.25, -0.2) is 0 Å². The third-order valence-electron chi connectivity index (χ3n) is 3.39. The number of hydrogen-bond acceptors (Lipinski definition) is 3. The lowest BCUT2D eigenvalue weighted by Crippen LogP contribution is -2.31. The Morgan fingerprint density at radius 2 is 2.35 bits per heavy atom. The van der Waals surface area contributed by atoms with Crippen molar-refractivity contribution in [3.63, 3.8) is 0 Å². The second-order valence-corrected chi connectivity index (χ2v) is 4.77. The van der Waals surface area contributed by atoms with Gasteiger partial charge >= 0.3 is 0 Å². The largest absolute Gasteiger partial charge is 0.396 e. The molecule has 1 aliphatic rings. The first-order valence-electron chi connectivity index (χ1n) is 6.09. The smallest absolute Gasteiger partial charge is 0.221 e. The molecule has 1 amide bonds. The van der Waals surface area contributed by atoms with Gasteiger partial charge in [0, 0.05) is 38.5 Å². The highest BCUT2D eigenvalue weighted by Crippen LogP contribution is 2.47. The van der Waals surface area contributed by atoms with E-state index in [1.165, 1.54) is 0 Å². The van der Waals surface area contributed by atoms with Crippen molar-refractivity contribution in [1.29, 1.82) is 0 Å². The summed E-state index contributed by atoms with van der Waals surface area (Å²) in [5.41, 5.74) is 0.191. The first-order valence-corrected chi connectivity index (χ1v) is 6.09. The van der Waals surface area contributed by atoms with Crippen molar-refractivity contribution < 1.29 is 9.90 Å². The van der Waals surface area contributed by atoms with Gasteiger partial charge in [0.05, 0.1) is 0 Å². The topological polar surface area (TPSA) is 67.2 Å². The van der Waals surface area contributed by atoms with Gasteiger partial charge in [0.1, 0.15) is 0 Å². The van der Waals surface area contributed by atoms with Crippen LogP contribution < -0.4 is 5.32 Å². The van der Waals surface area contributed by atoms with E-state index in [9.17, 15) is 4.79 Å². The fourth-order valence-electron chi connectivity index (χ4n) is 1.95. The zero-order valence-electron chi connectivity index (χ0n) is 9.93. The minimum atomic E-state index is 0.0599. The molecule has 94 valence electrons. The summed E-state index contributed by atoms with van der Waals surface area (Å²) in [5, 5.41) is 15.9. The Morgan fingerprint density at radius 3 is 2.94 bits per heavy atom. The Kier molecular flexibility index (Phi) is 3.78. The van der Waals surface area contributed by atoms with Crippen LogP contribution >= 0.6 is 0 Å². The van der Waals surface area contributed by atoms with Gasteiger partial charge in [-0.3, -0.25) is 9.48 Å². The number of aryl methyl sites for hydroxylation is 1. The average Bonchev–Trinajstić information content (AvgIpc) is 2.90. The molecular weight excluding hydrogens is 218 g/mol. The van der Waals surface area contributed by atoms with Crippen LogP contribution in [0.15, 0.2) is 18.5 Å². The van der Waals surface area contributed by atoms with Crippen LogP contribution in [-0.4, -0.2) is 33.9 Å². The number of amides is 1. The Bertz CT molecular complexity index is 358. The van der Waals surface area contributed by atoms with Gasteiger partial charge in [-0.2, -0.15) is 5.10 Å². The fourth-order valence-corrected chi connectivity index (χ4v) is 1.95. The number of carbonyl (C=O) groups excluding carboxylic acids is 1. The molecule has 0 saturated heterocycles. The normalized spacial score (nSPS) is 16.8. The number of nitrogens with zero attached hydrogens (tertiary/aromatic N) is 2. The third kappa shape index (κ3) is 3.56. The van der Waals surface area contributed by atoms with Crippen LogP contribution in [0.5, 0.6) is 0 Å². The van der Waals surface area contributed by atoms with Crippen LogP contribution in [0, 0.1) is 5.41 Å². The van der Waals surface area contributed by atoms with E-state index in [1.807, 2.05) is 12.3 Å². The fraction of sp³-hybridized carbons (Fsp3) is 0.667. The molecule has 1 fully saturated rings. The number of rotatable bonds is 7. The predicted octanol–water partition coefficient (Wildman–Crippen LogP) is 0.552. The molecule has 17 heavy (non-hydrogen) atoms. The van der Waals surface area contributed by atoms with Crippen LogP contribution in [-0.2, 0) is 11.3 Å². The van der Waals surface area contributed by atoms with Gasteiger partial charge in [0.15, 0.2) is 0 Å². The molecule has 0 bridgehead atoms. The van der Waals surface area contributed by atoms with Gasteiger partial charge in [0.25, 0.3) is 0 Å². The summed E-state index contributed by atoms with van der Waals surface area (Å²) in [6.07, 6.45) is 7.04. The van der Waals surface area contributed by atoms with E-state index < -0.39 is 0 Å². The molecule has 1 saturated carbocycles. The summed E-state index contributed by atoms with van der Waals surface area (Å²) < 4.78 is 1.75. The molecule has 0 atom stereocenters. The molecule has 1 aromatic rings. The zero-order chi connectivity index (χ0) is 12.1. The third-order valence-corrected chi connectivity index (χ3v) is 3.39. The standard InChI is InChI=1S/C12H19N3O2/c16-9-5-12(3-4-12)10-13-11(17)2-8-15-7-1-6-14-15/h1,6-7,16H,2-5,8-10H2,(H,13,17). The predicted molar refractivity (Wildman–Crippen MR) is 63.2 cm³/mol. The molecule has 0 unspecified atom stereocenters. The summed E-state index contributed by atoms with van der Waals surface area (Å²) >= 11 is 0. The molecular formula is C12H19N3O2. The Balaban J connectivity index is 1.64. The number of carbonyl (C=O) groups is 1. The van der Waals surface area contributed by atoms with Crippen molar-refractivity contribution in [2.45, 2.75) is 32.2 Å². The molecule has 1 aliphatic carbocycles. The summed E-state index contributed by atoms with van der Waals surface area (Å²) in [7, 11) is 0. The highest BCUT2D eigenvalue weighted by Gasteiger charge is 2.41. The Morgan fingerprint density at radius 1 is 1.53 bits per heavy atom. The number of aliphatic hydroxyl groups excluding tert-OH is 1. The minimum Gasteiger partial charge on any atom is -0.396 e. The number of nitrogens with one attached hydrogen (secondary N) is 1. The molecule has 0 aromatic carbocycles. The van der Waals surface area contributed by atoms with Crippen molar-refractivity contribution in [1.82, 2.24) is 15.1 Å². The molecule has 2 rings (SSSR count). The van der Waals surface area contributed by atoms with E-state index in [0.29, 0.717) is 19.5 Å². The van der Waals surface area contributed by atoms with Gasteiger partial charge < -0.3 is 10.4 Å². The SMILES string of the molecule is O=C(CCn1cccn1)NCC1(CCO)CC1. The molecule has 0 aliphatic heterocycles. The molecule has 0 radical (unpaired) electrons. The molecule has 1 heterocycles. The van der Waals surface area contributed by atoms with Crippen molar-refractivity contribution in [3.05, 3.63) is 18.5 Å². The zero-order valence-corrected chi connectivity index (χ0v) is 9.93. The van der Waals surface area contributed by atoms with E-state index in [2.05, 4.69) is 10.4 Å². The first-order chi connectivity index (χ1) is 8.24. The van der Waals surface area contributed by atoms with Crippen LogP contribution in [0.1, 0.15) is 25.7 Å². The molecule has 0 spiro atoms. The van der Waals surface area contributed by atoms with Crippen LogP contribution in [0.25, 0.3) is 0 Å². The van der Waals surface area contributed by atoms with Gasteiger partial charge in [-0.05, 0) is 30.7 Å². The first kappa shape index (κ1) is 12.1. The lowest BCUT2D eigenvalue weighted by atomic mass is 10.0.